The van der Waals surface area contributed by atoms with Crippen molar-refractivity contribution in [1.82, 2.24) is 10.2 Å². The van der Waals surface area contributed by atoms with Crippen LogP contribution in [0.1, 0.15) is 6.92 Å². The lowest BCUT2D eigenvalue weighted by Crippen LogP contribution is -2.52. The SMILES string of the molecule is C[C@@H]1CNCCN1CC(=O)Nc1cc(Cl)ccc1F. The summed E-state index contributed by atoms with van der Waals surface area (Å²) >= 11 is 5.78. The standard InChI is InChI=1S/C13H17ClFN3O/c1-9-7-16-4-5-18(9)8-13(19)17-12-6-10(14)2-3-11(12)15/h2-3,6,9,16H,4-5,7-8H2,1H3,(H,17,19)/t9-/m1/s1. The van der Waals surface area contributed by atoms with Crippen molar-refractivity contribution in [2.75, 3.05) is 31.5 Å². The predicted molar refractivity (Wildman–Crippen MR) is 73.9 cm³/mol. The lowest BCUT2D eigenvalue weighted by Gasteiger charge is -2.33. The highest BCUT2D eigenvalue weighted by Gasteiger charge is 2.20. The molecule has 1 saturated heterocycles. The van der Waals surface area contributed by atoms with Crippen molar-refractivity contribution < 1.29 is 9.18 Å². The van der Waals surface area contributed by atoms with Gasteiger partial charge in [0.2, 0.25) is 5.91 Å². The molecule has 2 rings (SSSR count). The van der Waals surface area contributed by atoms with Gasteiger partial charge in [-0.1, -0.05) is 11.6 Å². The van der Waals surface area contributed by atoms with Crippen LogP contribution in [-0.4, -0.2) is 43.0 Å². The highest BCUT2D eigenvalue weighted by Crippen LogP contribution is 2.19. The number of amides is 1. The Morgan fingerprint density at radius 3 is 3.16 bits per heavy atom. The van der Waals surface area contributed by atoms with Crippen LogP contribution in [0.4, 0.5) is 10.1 Å². The zero-order valence-corrected chi connectivity index (χ0v) is 11.5. The molecule has 1 amide bonds. The van der Waals surface area contributed by atoms with E-state index in [0.29, 0.717) is 11.1 Å². The molecule has 1 aliphatic heterocycles. The van der Waals surface area contributed by atoms with E-state index in [1.165, 1.54) is 18.2 Å². The van der Waals surface area contributed by atoms with Crippen molar-refractivity contribution in [3.8, 4) is 0 Å². The minimum Gasteiger partial charge on any atom is -0.322 e. The van der Waals surface area contributed by atoms with Crippen molar-refractivity contribution >= 4 is 23.2 Å². The van der Waals surface area contributed by atoms with Gasteiger partial charge in [0.1, 0.15) is 5.82 Å². The fraction of sp³-hybridized carbons (Fsp3) is 0.462. The normalized spacial score (nSPS) is 20.3. The number of halogens is 2. The first-order valence-electron chi connectivity index (χ1n) is 6.26. The number of hydrogen-bond donors (Lipinski definition) is 2. The largest absolute Gasteiger partial charge is 0.322 e. The Bertz CT molecular complexity index is 469. The van der Waals surface area contributed by atoms with Crippen LogP contribution in [0.15, 0.2) is 18.2 Å². The summed E-state index contributed by atoms with van der Waals surface area (Å²) in [5.41, 5.74) is 0.125. The Morgan fingerprint density at radius 2 is 2.42 bits per heavy atom. The highest BCUT2D eigenvalue weighted by molar-refractivity contribution is 6.30. The van der Waals surface area contributed by atoms with Gasteiger partial charge < -0.3 is 10.6 Å². The van der Waals surface area contributed by atoms with Gasteiger partial charge in [0.15, 0.2) is 0 Å². The molecule has 104 valence electrons. The molecule has 0 aliphatic carbocycles. The van der Waals surface area contributed by atoms with Gasteiger partial charge in [0, 0.05) is 30.7 Å². The molecule has 0 unspecified atom stereocenters. The summed E-state index contributed by atoms with van der Waals surface area (Å²) in [4.78, 5) is 14.0. The van der Waals surface area contributed by atoms with Crippen LogP contribution in [0.2, 0.25) is 5.02 Å². The fourth-order valence-corrected chi connectivity index (χ4v) is 2.26. The van der Waals surface area contributed by atoms with E-state index in [1.807, 2.05) is 0 Å². The van der Waals surface area contributed by atoms with E-state index in [9.17, 15) is 9.18 Å². The van der Waals surface area contributed by atoms with Gasteiger partial charge in [0.25, 0.3) is 0 Å². The van der Waals surface area contributed by atoms with Gasteiger partial charge >= 0.3 is 0 Å². The molecule has 1 aliphatic rings. The molecular weight excluding hydrogens is 269 g/mol. The summed E-state index contributed by atoms with van der Waals surface area (Å²) in [5.74, 6) is -0.707. The Hall–Kier alpha value is -1.17. The summed E-state index contributed by atoms with van der Waals surface area (Å²) in [6.45, 7) is 4.85. The second kappa shape index (κ2) is 6.32. The Kier molecular flexibility index (Phi) is 4.74. The monoisotopic (exact) mass is 285 g/mol. The van der Waals surface area contributed by atoms with Crippen molar-refractivity contribution in [1.29, 1.82) is 0 Å². The number of anilines is 1. The second-order valence-electron chi connectivity index (χ2n) is 4.70. The molecule has 0 bridgehead atoms. The molecule has 0 spiro atoms. The Balaban J connectivity index is 1.95. The summed E-state index contributed by atoms with van der Waals surface area (Å²) in [6, 6.07) is 4.40. The summed E-state index contributed by atoms with van der Waals surface area (Å²) in [7, 11) is 0. The van der Waals surface area contributed by atoms with Crippen LogP contribution < -0.4 is 10.6 Å². The maximum Gasteiger partial charge on any atom is 0.238 e. The first kappa shape index (κ1) is 14.2. The third kappa shape index (κ3) is 3.89. The van der Waals surface area contributed by atoms with Crippen molar-refractivity contribution in [3.05, 3.63) is 29.0 Å². The lowest BCUT2D eigenvalue weighted by molar-refractivity contribution is -0.118. The topological polar surface area (TPSA) is 44.4 Å². The van der Waals surface area contributed by atoms with Crippen molar-refractivity contribution in [3.63, 3.8) is 0 Å². The van der Waals surface area contributed by atoms with Crippen LogP contribution >= 0.6 is 11.6 Å². The molecule has 1 aromatic rings. The molecule has 1 fully saturated rings. The van der Waals surface area contributed by atoms with E-state index in [0.717, 1.165) is 19.6 Å². The van der Waals surface area contributed by atoms with E-state index < -0.39 is 5.82 Å². The van der Waals surface area contributed by atoms with Gasteiger partial charge in [-0.25, -0.2) is 4.39 Å². The number of piperazine rings is 1. The average Bonchev–Trinajstić information content (AvgIpc) is 2.37. The van der Waals surface area contributed by atoms with Gasteiger partial charge in [-0.15, -0.1) is 0 Å². The predicted octanol–water partition coefficient (Wildman–Crippen LogP) is 1.71. The summed E-state index contributed by atoms with van der Waals surface area (Å²) in [5, 5.41) is 6.21. The molecule has 4 nitrogen and oxygen atoms in total. The van der Waals surface area contributed by atoms with Crippen LogP contribution in [-0.2, 0) is 4.79 Å². The molecular formula is C13H17ClFN3O. The van der Waals surface area contributed by atoms with Crippen LogP contribution in [0, 0.1) is 5.82 Å². The molecule has 0 saturated carbocycles. The number of carbonyl (C=O) groups excluding carboxylic acids is 1. The number of benzene rings is 1. The number of hydrogen-bond acceptors (Lipinski definition) is 3. The number of rotatable bonds is 3. The second-order valence-corrected chi connectivity index (χ2v) is 5.13. The first-order valence-corrected chi connectivity index (χ1v) is 6.64. The van der Waals surface area contributed by atoms with E-state index in [4.69, 9.17) is 11.6 Å². The van der Waals surface area contributed by atoms with Gasteiger partial charge in [-0.05, 0) is 25.1 Å². The molecule has 2 N–H and O–H groups in total. The maximum absolute atomic E-state index is 13.5. The Labute approximate surface area is 116 Å². The highest BCUT2D eigenvalue weighted by atomic mass is 35.5. The third-order valence-corrected chi connectivity index (χ3v) is 3.42. The number of nitrogens with one attached hydrogen (secondary N) is 2. The molecule has 19 heavy (non-hydrogen) atoms. The molecule has 1 heterocycles. The zero-order chi connectivity index (χ0) is 13.8. The van der Waals surface area contributed by atoms with E-state index >= 15 is 0 Å². The minimum absolute atomic E-state index is 0.125. The molecule has 0 aromatic heterocycles. The molecule has 0 radical (unpaired) electrons. The van der Waals surface area contributed by atoms with Gasteiger partial charge in [0.05, 0.1) is 12.2 Å². The third-order valence-electron chi connectivity index (χ3n) is 3.19. The lowest BCUT2D eigenvalue weighted by atomic mass is 10.2. The van der Waals surface area contributed by atoms with Crippen LogP contribution in [0.5, 0.6) is 0 Å². The first-order chi connectivity index (χ1) is 9.06. The molecule has 6 heteroatoms. The fourth-order valence-electron chi connectivity index (χ4n) is 2.09. The minimum atomic E-state index is -0.480. The van der Waals surface area contributed by atoms with E-state index in [2.05, 4.69) is 22.5 Å². The van der Waals surface area contributed by atoms with Crippen LogP contribution in [0.25, 0.3) is 0 Å². The van der Waals surface area contributed by atoms with E-state index in [-0.39, 0.29) is 18.1 Å². The summed E-state index contributed by atoms with van der Waals surface area (Å²) < 4.78 is 13.5. The van der Waals surface area contributed by atoms with Gasteiger partial charge in [-0.2, -0.15) is 0 Å². The zero-order valence-electron chi connectivity index (χ0n) is 10.7. The smallest absolute Gasteiger partial charge is 0.238 e. The van der Waals surface area contributed by atoms with Crippen LogP contribution in [0.3, 0.4) is 0 Å². The van der Waals surface area contributed by atoms with Crippen molar-refractivity contribution in [2.24, 2.45) is 0 Å². The summed E-state index contributed by atoms with van der Waals surface area (Å²) in [6.07, 6.45) is 0. The maximum atomic E-state index is 13.5. The Morgan fingerprint density at radius 1 is 1.63 bits per heavy atom. The number of carbonyl (C=O) groups is 1. The molecule has 1 atom stereocenters. The van der Waals surface area contributed by atoms with Crippen molar-refractivity contribution in [2.45, 2.75) is 13.0 Å². The van der Waals surface area contributed by atoms with E-state index in [1.54, 1.807) is 0 Å². The average molecular weight is 286 g/mol. The van der Waals surface area contributed by atoms with Gasteiger partial charge in [-0.3, -0.25) is 9.69 Å². The molecule has 1 aromatic carbocycles. The quantitative estimate of drug-likeness (QED) is 0.889. The number of nitrogens with zero attached hydrogens (tertiary/aromatic N) is 1.